The number of hydrogen-bond acceptors (Lipinski definition) is 4. The quantitative estimate of drug-likeness (QED) is 0.361. The third-order valence-corrected chi connectivity index (χ3v) is 11.2. The number of ketones is 1. The van der Waals surface area contributed by atoms with E-state index in [2.05, 4.69) is 34.6 Å². The second-order valence-electron chi connectivity index (χ2n) is 13.1. The molecule has 4 fully saturated rings. The fraction of sp³-hybridized carbons (Fsp3) is 0.862. The van der Waals surface area contributed by atoms with Gasteiger partial charge in [-0.25, -0.2) is 0 Å². The summed E-state index contributed by atoms with van der Waals surface area (Å²) >= 11 is 0. The molecular formula is C29H44O4. The molecule has 0 N–H and O–H groups in total. The van der Waals surface area contributed by atoms with Crippen molar-refractivity contribution in [1.82, 2.24) is 0 Å². The number of hydrogen-bond donors (Lipinski definition) is 0. The van der Waals surface area contributed by atoms with E-state index in [-0.39, 0.29) is 28.5 Å². The minimum absolute atomic E-state index is 0.0152. The first-order chi connectivity index (χ1) is 15.5. The first kappa shape index (κ1) is 23.6. The highest BCUT2D eigenvalue weighted by molar-refractivity contribution is 5.91. The molecule has 5 aliphatic rings. The highest BCUT2D eigenvalue weighted by Gasteiger charge is 2.64. The van der Waals surface area contributed by atoms with E-state index < -0.39 is 0 Å². The minimum Gasteiger partial charge on any atom is -0.462 e. The molecule has 0 aromatic carbocycles. The van der Waals surface area contributed by atoms with E-state index in [0.717, 1.165) is 25.7 Å². The summed E-state index contributed by atoms with van der Waals surface area (Å²) in [5, 5.41) is 0. The van der Waals surface area contributed by atoms with Crippen LogP contribution in [0.4, 0.5) is 0 Å². The zero-order chi connectivity index (χ0) is 23.8. The van der Waals surface area contributed by atoms with E-state index >= 15 is 0 Å². The van der Waals surface area contributed by atoms with E-state index in [1.807, 2.05) is 6.08 Å². The number of carbonyl (C=O) groups excluding carboxylic acids is 2. The van der Waals surface area contributed by atoms with Crippen molar-refractivity contribution >= 4 is 11.8 Å². The molecule has 0 aromatic rings. The maximum atomic E-state index is 12.3. The average molecular weight is 457 g/mol. The zero-order valence-corrected chi connectivity index (χ0v) is 21.6. The van der Waals surface area contributed by atoms with Crippen LogP contribution < -0.4 is 0 Å². The van der Waals surface area contributed by atoms with Crippen LogP contribution in [0.3, 0.4) is 0 Å². The van der Waals surface area contributed by atoms with Gasteiger partial charge in [0, 0.05) is 18.8 Å². The van der Waals surface area contributed by atoms with Gasteiger partial charge in [-0.1, -0.05) is 26.3 Å². The molecule has 1 aliphatic heterocycles. The summed E-state index contributed by atoms with van der Waals surface area (Å²) < 4.78 is 12.1. The Morgan fingerprint density at radius 2 is 1.88 bits per heavy atom. The summed E-state index contributed by atoms with van der Waals surface area (Å²) in [6, 6.07) is 0. The van der Waals surface area contributed by atoms with E-state index in [1.165, 1.54) is 31.3 Å². The van der Waals surface area contributed by atoms with Crippen molar-refractivity contribution in [3.63, 3.8) is 0 Å². The van der Waals surface area contributed by atoms with Crippen LogP contribution in [0, 0.1) is 40.4 Å². The molecule has 1 saturated heterocycles. The Bertz CT molecular complexity index is 858. The Hall–Kier alpha value is -1.16. The molecule has 0 aromatic heterocycles. The lowest BCUT2D eigenvalue weighted by Crippen LogP contribution is -2.57. The average Bonchev–Trinajstić information content (AvgIpc) is 3.18. The van der Waals surface area contributed by atoms with Crippen LogP contribution in [0.1, 0.15) is 99.3 Å². The maximum absolute atomic E-state index is 12.3. The van der Waals surface area contributed by atoms with E-state index in [1.54, 1.807) is 6.92 Å². The molecule has 0 bridgehead atoms. The van der Waals surface area contributed by atoms with Gasteiger partial charge in [-0.3, -0.25) is 9.59 Å². The zero-order valence-electron chi connectivity index (χ0n) is 21.6. The third kappa shape index (κ3) is 3.74. The Balaban J connectivity index is 1.42. The molecule has 0 spiro atoms. The normalized spacial score (nSPS) is 46.5. The number of carbonyl (C=O) groups is 2. The van der Waals surface area contributed by atoms with Crippen LogP contribution in [0.5, 0.6) is 0 Å². The smallest absolute Gasteiger partial charge is 0.302 e. The van der Waals surface area contributed by atoms with Crippen molar-refractivity contribution in [1.29, 1.82) is 0 Å². The van der Waals surface area contributed by atoms with Gasteiger partial charge in [0.15, 0.2) is 5.78 Å². The van der Waals surface area contributed by atoms with Gasteiger partial charge in [-0.2, -0.15) is 0 Å². The molecule has 1 heterocycles. The topological polar surface area (TPSA) is 55.9 Å². The minimum atomic E-state index is -0.139. The molecule has 0 radical (unpaired) electrons. The number of rotatable bonds is 5. The molecule has 33 heavy (non-hydrogen) atoms. The standard InChI is InChI=1S/C29H44O4/c1-17(7-12-25-27(3,4)33-25)22-10-11-23-21-9-8-19-15-20(31)13-14-28(19,5)24(21)16-26(29(22,23)6)32-18(2)30/h15,17,21-26H,7-14,16H2,1-6H3. The number of epoxide rings is 1. The first-order valence-corrected chi connectivity index (χ1v) is 13.6. The lowest BCUT2D eigenvalue weighted by Gasteiger charge is -2.60. The van der Waals surface area contributed by atoms with Gasteiger partial charge >= 0.3 is 5.97 Å². The number of esters is 1. The van der Waals surface area contributed by atoms with Gasteiger partial charge in [-0.05, 0) is 106 Å². The number of fused-ring (bicyclic) bond motifs is 5. The van der Waals surface area contributed by atoms with Crippen molar-refractivity contribution in [2.75, 3.05) is 0 Å². The van der Waals surface area contributed by atoms with Crippen molar-refractivity contribution in [3.05, 3.63) is 11.6 Å². The van der Waals surface area contributed by atoms with Gasteiger partial charge in [-0.15, -0.1) is 0 Å². The third-order valence-electron chi connectivity index (χ3n) is 11.2. The van der Waals surface area contributed by atoms with Crippen molar-refractivity contribution in [2.45, 2.75) is 117 Å². The van der Waals surface area contributed by atoms with E-state index in [0.29, 0.717) is 47.9 Å². The van der Waals surface area contributed by atoms with Gasteiger partial charge in [0.2, 0.25) is 0 Å². The molecule has 3 saturated carbocycles. The van der Waals surface area contributed by atoms with Crippen LogP contribution >= 0.6 is 0 Å². The van der Waals surface area contributed by atoms with E-state index in [9.17, 15) is 9.59 Å². The van der Waals surface area contributed by atoms with Crippen molar-refractivity contribution < 1.29 is 19.1 Å². The summed E-state index contributed by atoms with van der Waals surface area (Å²) in [5.74, 6) is 3.17. The number of ether oxygens (including phenoxy) is 2. The van der Waals surface area contributed by atoms with Gasteiger partial charge in [0.25, 0.3) is 0 Å². The Morgan fingerprint density at radius 1 is 1.15 bits per heavy atom. The molecule has 5 rings (SSSR count). The summed E-state index contributed by atoms with van der Waals surface area (Å²) in [4.78, 5) is 24.5. The molecule has 4 nitrogen and oxygen atoms in total. The fourth-order valence-corrected chi connectivity index (χ4v) is 9.19. The molecule has 9 atom stereocenters. The molecule has 9 unspecified atom stereocenters. The summed E-state index contributed by atoms with van der Waals surface area (Å²) in [6.45, 7) is 13.3. The fourth-order valence-electron chi connectivity index (χ4n) is 9.19. The van der Waals surface area contributed by atoms with Crippen LogP contribution in [0.25, 0.3) is 0 Å². The predicted molar refractivity (Wildman–Crippen MR) is 128 cm³/mol. The largest absolute Gasteiger partial charge is 0.462 e. The van der Waals surface area contributed by atoms with Crippen LogP contribution in [0.15, 0.2) is 11.6 Å². The van der Waals surface area contributed by atoms with Crippen molar-refractivity contribution in [2.24, 2.45) is 40.4 Å². The first-order valence-electron chi connectivity index (χ1n) is 13.6. The predicted octanol–water partition coefficient (Wildman–Crippen LogP) is 6.27. The van der Waals surface area contributed by atoms with Crippen LogP contribution in [-0.4, -0.2) is 29.6 Å². The van der Waals surface area contributed by atoms with Crippen LogP contribution in [-0.2, 0) is 19.1 Å². The summed E-state index contributed by atoms with van der Waals surface area (Å²) in [6.07, 6.45) is 12.0. The lowest BCUT2D eigenvalue weighted by atomic mass is 9.45. The van der Waals surface area contributed by atoms with Gasteiger partial charge < -0.3 is 9.47 Å². The summed E-state index contributed by atoms with van der Waals surface area (Å²) in [7, 11) is 0. The second-order valence-corrected chi connectivity index (χ2v) is 13.1. The lowest BCUT2D eigenvalue weighted by molar-refractivity contribution is -0.181. The molecule has 0 amide bonds. The maximum Gasteiger partial charge on any atom is 0.302 e. The highest BCUT2D eigenvalue weighted by atomic mass is 16.6. The SMILES string of the molecule is CC(=O)OC1CC2C(CCC3=CC(=O)CCC32C)C2CCC(C(C)CCC3OC3(C)C)C12C. The highest BCUT2D eigenvalue weighted by Crippen LogP contribution is 2.68. The Kier molecular flexibility index (Phi) is 5.67. The second kappa shape index (κ2) is 7.93. The van der Waals surface area contributed by atoms with Crippen LogP contribution in [0.2, 0.25) is 0 Å². The summed E-state index contributed by atoms with van der Waals surface area (Å²) in [5.41, 5.74) is 1.58. The Morgan fingerprint density at radius 3 is 2.55 bits per heavy atom. The monoisotopic (exact) mass is 456 g/mol. The van der Waals surface area contributed by atoms with Crippen molar-refractivity contribution in [3.8, 4) is 0 Å². The van der Waals surface area contributed by atoms with E-state index in [4.69, 9.17) is 9.47 Å². The van der Waals surface area contributed by atoms with Gasteiger partial charge in [0.1, 0.15) is 6.10 Å². The molecule has 4 heteroatoms. The molecule has 184 valence electrons. The Labute approximate surface area is 200 Å². The molecular weight excluding hydrogens is 412 g/mol. The van der Waals surface area contributed by atoms with Gasteiger partial charge in [0.05, 0.1) is 11.7 Å². The molecule has 4 aliphatic carbocycles. The number of allylic oxidation sites excluding steroid dienone is 1.